The summed E-state index contributed by atoms with van der Waals surface area (Å²) in [4.78, 5) is 11.6. The Hall–Kier alpha value is -2.23. The number of amides is 2. The van der Waals surface area contributed by atoms with Crippen molar-refractivity contribution in [3.8, 4) is 5.75 Å². The van der Waals surface area contributed by atoms with Crippen molar-refractivity contribution in [3.05, 3.63) is 42.0 Å². The smallest absolute Gasteiger partial charge is 0.315 e. The number of rotatable bonds is 6. The topological polar surface area (TPSA) is 50.4 Å². The Morgan fingerprint density at radius 1 is 1.10 bits per heavy atom. The molecular formula is C17H22N2O2. The van der Waals surface area contributed by atoms with E-state index in [1.54, 1.807) is 7.11 Å². The number of hydrogen-bond donors (Lipinski definition) is 2. The van der Waals surface area contributed by atoms with E-state index >= 15 is 0 Å². The third kappa shape index (κ3) is 4.38. The maximum absolute atomic E-state index is 11.6. The second kappa shape index (κ2) is 7.53. The van der Waals surface area contributed by atoms with Gasteiger partial charge < -0.3 is 15.4 Å². The summed E-state index contributed by atoms with van der Waals surface area (Å²) in [5, 5.41) is 7.98. The van der Waals surface area contributed by atoms with Gasteiger partial charge in [-0.15, -0.1) is 0 Å². The van der Waals surface area contributed by atoms with Gasteiger partial charge in [-0.3, -0.25) is 0 Å². The van der Waals surface area contributed by atoms with Crippen LogP contribution in [0.3, 0.4) is 0 Å². The molecule has 0 atom stereocenters. The van der Waals surface area contributed by atoms with E-state index in [4.69, 9.17) is 4.74 Å². The zero-order valence-electron chi connectivity index (χ0n) is 12.6. The Kier molecular flexibility index (Phi) is 5.43. The minimum absolute atomic E-state index is 0.113. The molecule has 4 nitrogen and oxygen atoms in total. The third-order valence-corrected chi connectivity index (χ3v) is 3.38. The highest BCUT2D eigenvalue weighted by Gasteiger charge is 2.02. The second-order valence-corrected chi connectivity index (χ2v) is 5.01. The Morgan fingerprint density at radius 2 is 1.86 bits per heavy atom. The fraction of sp³-hybridized carbons (Fsp3) is 0.353. The van der Waals surface area contributed by atoms with Crippen LogP contribution in [-0.4, -0.2) is 19.7 Å². The Bertz CT molecular complexity index is 611. The van der Waals surface area contributed by atoms with Crippen LogP contribution < -0.4 is 15.4 Å². The van der Waals surface area contributed by atoms with Crippen LogP contribution in [0.5, 0.6) is 5.75 Å². The minimum atomic E-state index is -0.113. The Labute approximate surface area is 125 Å². The van der Waals surface area contributed by atoms with E-state index in [0.717, 1.165) is 41.5 Å². The van der Waals surface area contributed by atoms with E-state index in [1.807, 2.05) is 30.3 Å². The van der Waals surface area contributed by atoms with E-state index in [9.17, 15) is 4.79 Å². The van der Waals surface area contributed by atoms with Gasteiger partial charge in [-0.1, -0.05) is 31.5 Å². The van der Waals surface area contributed by atoms with Crippen LogP contribution in [0, 0.1) is 0 Å². The van der Waals surface area contributed by atoms with E-state index in [0.29, 0.717) is 6.54 Å². The number of carbonyl (C=O) groups excluding carboxylic acids is 1. The van der Waals surface area contributed by atoms with Gasteiger partial charge in [0, 0.05) is 13.1 Å². The number of urea groups is 1. The van der Waals surface area contributed by atoms with Gasteiger partial charge in [0.15, 0.2) is 0 Å². The quantitative estimate of drug-likeness (QED) is 0.799. The number of ether oxygens (including phenoxy) is 1. The maximum atomic E-state index is 11.6. The Morgan fingerprint density at radius 3 is 2.62 bits per heavy atom. The van der Waals surface area contributed by atoms with Gasteiger partial charge in [-0.25, -0.2) is 4.79 Å². The van der Waals surface area contributed by atoms with Gasteiger partial charge in [0.25, 0.3) is 0 Å². The van der Waals surface area contributed by atoms with E-state index in [2.05, 4.69) is 23.6 Å². The van der Waals surface area contributed by atoms with Gasteiger partial charge in [0.05, 0.1) is 7.11 Å². The summed E-state index contributed by atoms with van der Waals surface area (Å²) in [5.74, 6) is 0.851. The molecular weight excluding hydrogens is 264 g/mol. The highest BCUT2D eigenvalue weighted by Crippen LogP contribution is 2.21. The number of nitrogens with one attached hydrogen (secondary N) is 2. The van der Waals surface area contributed by atoms with Crippen LogP contribution in [0.25, 0.3) is 10.8 Å². The van der Waals surface area contributed by atoms with Crippen molar-refractivity contribution in [2.75, 3.05) is 13.7 Å². The highest BCUT2D eigenvalue weighted by molar-refractivity contribution is 5.84. The number of methoxy groups -OCH3 is 1. The molecule has 0 bridgehead atoms. The lowest BCUT2D eigenvalue weighted by molar-refractivity contribution is 0.240. The molecule has 0 aliphatic carbocycles. The molecule has 0 saturated heterocycles. The molecule has 0 aliphatic rings. The SMILES string of the molecule is CCCCNC(=O)NCc1ccc2cc(OC)ccc2c1. The number of fused-ring (bicyclic) bond motifs is 1. The summed E-state index contributed by atoms with van der Waals surface area (Å²) >= 11 is 0. The molecule has 112 valence electrons. The summed E-state index contributed by atoms with van der Waals surface area (Å²) in [6.07, 6.45) is 2.08. The molecule has 2 aromatic rings. The van der Waals surface area contributed by atoms with Gasteiger partial charge in [0.1, 0.15) is 5.75 Å². The zero-order chi connectivity index (χ0) is 15.1. The Balaban J connectivity index is 1.95. The molecule has 0 aliphatic heterocycles. The molecule has 0 spiro atoms. The molecule has 4 heteroatoms. The van der Waals surface area contributed by atoms with E-state index in [1.165, 1.54) is 0 Å². The number of benzene rings is 2. The first-order valence-corrected chi connectivity index (χ1v) is 7.31. The molecule has 2 N–H and O–H groups in total. The second-order valence-electron chi connectivity index (χ2n) is 5.01. The summed E-state index contributed by atoms with van der Waals surface area (Å²) in [6.45, 7) is 3.35. The number of hydrogen-bond acceptors (Lipinski definition) is 2. The first-order valence-electron chi connectivity index (χ1n) is 7.31. The van der Waals surface area contributed by atoms with Crippen LogP contribution >= 0.6 is 0 Å². The van der Waals surface area contributed by atoms with Crippen molar-refractivity contribution in [3.63, 3.8) is 0 Å². The lowest BCUT2D eigenvalue weighted by Crippen LogP contribution is -2.35. The van der Waals surface area contributed by atoms with Crippen LogP contribution in [0.4, 0.5) is 4.79 Å². The average Bonchev–Trinajstić information content (AvgIpc) is 2.52. The zero-order valence-corrected chi connectivity index (χ0v) is 12.6. The summed E-state index contributed by atoms with van der Waals surface area (Å²) < 4.78 is 5.21. The molecule has 21 heavy (non-hydrogen) atoms. The van der Waals surface area contributed by atoms with Crippen molar-refractivity contribution in [2.24, 2.45) is 0 Å². The van der Waals surface area contributed by atoms with Crippen molar-refractivity contribution in [1.82, 2.24) is 10.6 Å². The first kappa shape index (κ1) is 15.2. The number of unbranched alkanes of at least 4 members (excludes halogenated alkanes) is 1. The molecule has 2 rings (SSSR count). The van der Waals surface area contributed by atoms with Crippen LogP contribution in [0.2, 0.25) is 0 Å². The third-order valence-electron chi connectivity index (χ3n) is 3.38. The monoisotopic (exact) mass is 286 g/mol. The van der Waals surface area contributed by atoms with Crippen LogP contribution in [0.15, 0.2) is 36.4 Å². The van der Waals surface area contributed by atoms with Crippen LogP contribution in [0.1, 0.15) is 25.3 Å². The molecule has 2 aromatic carbocycles. The fourth-order valence-electron chi connectivity index (χ4n) is 2.13. The molecule has 0 unspecified atom stereocenters. The van der Waals surface area contributed by atoms with Gasteiger partial charge in [0.2, 0.25) is 0 Å². The van der Waals surface area contributed by atoms with E-state index in [-0.39, 0.29) is 6.03 Å². The van der Waals surface area contributed by atoms with Crippen molar-refractivity contribution >= 4 is 16.8 Å². The summed E-state index contributed by atoms with van der Waals surface area (Å²) in [7, 11) is 1.66. The highest BCUT2D eigenvalue weighted by atomic mass is 16.5. The van der Waals surface area contributed by atoms with Gasteiger partial charge in [-0.2, -0.15) is 0 Å². The molecule has 0 saturated carbocycles. The standard InChI is InChI=1S/C17H22N2O2/c1-3-4-9-18-17(20)19-12-13-5-6-15-11-16(21-2)8-7-14(15)10-13/h5-8,10-11H,3-4,9,12H2,1-2H3,(H2,18,19,20). The summed E-state index contributed by atoms with van der Waals surface area (Å²) in [6, 6.07) is 12.0. The first-order chi connectivity index (χ1) is 10.2. The molecule has 0 radical (unpaired) electrons. The van der Waals surface area contributed by atoms with E-state index < -0.39 is 0 Å². The maximum Gasteiger partial charge on any atom is 0.315 e. The van der Waals surface area contributed by atoms with Crippen LogP contribution in [-0.2, 0) is 6.54 Å². The van der Waals surface area contributed by atoms with Gasteiger partial charge >= 0.3 is 6.03 Å². The van der Waals surface area contributed by atoms with Crippen molar-refractivity contribution < 1.29 is 9.53 Å². The van der Waals surface area contributed by atoms with Crippen molar-refractivity contribution in [2.45, 2.75) is 26.3 Å². The minimum Gasteiger partial charge on any atom is -0.497 e. The summed E-state index contributed by atoms with van der Waals surface area (Å²) in [5.41, 5.74) is 1.08. The van der Waals surface area contributed by atoms with Gasteiger partial charge in [-0.05, 0) is 41.0 Å². The molecule has 0 fully saturated rings. The molecule has 0 aromatic heterocycles. The predicted molar refractivity (Wildman–Crippen MR) is 85.6 cm³/mol. The molecule has 0 heterocycles. The number of carbonyl (C=O) groups is 1. The molecule has 2 amide bonds. The predicted octanol–water partition coefficient (Wildman–Crippen LogP) is 3.45. The normalized spacial score (nSPS) is 10.4. The lowest BCUT2D eigenvalue weighted by atomic mass is 10.1. The lowest BCUT2D eigenvalue weighted by Gasteiger charge is -2.08. The van der Waals surface area contributed by atoms with Crippen molar-refractivity contribution in [1.29, 1.82) is 0 Å². The largest absolute Gasteiger partial charge is 0.497 e. The fourth-order valence-corrected chi connectivity index (χ4v) is 2.13. The average molecular weight is 286 g/mol.